The predicted molar refractivity (Wildman–Crippen MR) is 125 cm³/mol. The van der Waals surface area contributed by atoms with Crippen molar-refractivity contribution in [3.05, 3.63) is 82.9 Å². The molecule has 34 heavy (non-hydrogen) atoms. The van der Waals surface area contributed by atoms with Crippen LogP contribution in [0.25, 0.3) is 5.69 Å². The number of primary amides is 1. The Hall–Kier alpha value is -3.49. The highest BCUT2D eigenvalue weighted by atomic mass is 35.5. The van der Waals surface area contributed by atoms with Gasteiger partial charge in [0.15, 0.2) is 5.78 Å². The number of benzene rings is 2. The number of likely N-dealkylation sites (tertiary alicyclic amines) is 1. The quantitative estimate of drug-likeness (QED) is 0.585. The fourth-order valence-electron chi connectivity index (χ4n) is 4.86. The zero-order valence-corrected chi connectivity index (χ0v) is 19.0. The van der Waals surface area contributed by atoms with Crippen LogP contribution in [0.15, 0.2) is 61.2 Å². The van der Waals surface area contributed by atoms with E-state index in [1.807, 2.05) is 12.1 Å². The smallest absolute Gasteiger partial charge is 0.249 e. The van der Waals surface area contributed by atoms with Crippen molar-refractivity contribution in [2.45, 2.75) is 30.9 Å². The zero-order chi connectivity index (χ0) is 23.8. The van der Waals surface area contributed by atoms with Crippen molar-refractivity contribution >= 4 is 29.2 Å². The van der Waals surface area contributed by atoms with Gasteiger partial charge in [0.05, 0.1) is 18.3 Å². The maximum Gasteiger partial charge on any atom is 0.249 e. The topological polar surface area (TPSA) is 108 Å². The molecule has 174 valence electrons. The van der Waals surface area contributed by atoms with E-state index in [4.69, 9.17) is 22.1 Å². The van der Waals surface area contributed by atoms with Crippen molar-refractivity contribution in [1.29, 1.82) is 0 Å². The van der Waals surface area contributed by atoms with Gasteiger partial charge >= 0.3 is 0 Å². The molecule has 3 aromatic rings. The number of halogens is 1. The third-order valence-electron chi connectivity index (χ3n) is 6.52. The van der Waals surface area contributed by atoms with Crippen molar-refractivity contribution in [1.82, 2.24) is 14.5 Å². The number of imidazole rings is 1. The molecule has 8 nitrogen and oxygen atoms in total. The SMILES string of the molecule is NC(=O)c1ccc(-n2ccnc2)cc1C(Cc1ccc(Cl)cc1)C(=O)N1CCC2OCC(=O)C21. The number of ether oxygens (including phenoxy) is 1. The van der Waals surface area contributed by atoms with Gasteiger partial charge in [-0.3, -0.25) is 14.4 Å². The van der Waals surface area contributed by atoms with Crippen LogP contribution in [0.1, 0.15) is 33.8 Å². The van der Waals surface area contributed by atoms with Crippen LogP contribution in [0.3, 0.4) is 0 Å². The zero-order valence-electron chi connectivity index (χ0n) is 18.3. The first-order valence-electron chi connectivity index (χ1n) is 11.0. The lowest BCUT2D eigenvalue weighted by molar-refractivity contribution is -0.137. The molecule has 0 bridgehead atoms. The summed E-state index contributed by atoms with van der Waals surface area (Å²) in [5.74, 6) is -1.69. The van der Waals surface area contributed by atoms with Crippen LogP contribution in [0.5, 0.6) is 0 Å². The van der Waals surface area contributed by atoms with Crippen LogP contribution < -0.4 is 5.73 Å². The molecule has 9 heteroatoms. The van der Waals surface area contributed by atoms with Crippen LogP contribution >= 0.6 is 11.6 Å². The number of hydrogen-bond acceptors (Lipinski definition) is 5. The van der Waals surface area contributed by atoms with Gasteiger partial charge in [-0.2, -0.15) is 0 Å². The number of ketones is 1. The molecular formula is C25H23ClN4O4. The van der Waals surface area contributed by atoms with Gasteiger partial charge in [-0.05, 0) is 54.3 Å². The molecule has 0 aliphatic carbocycles. The summed E-state index contributed by atoms with van der Waals surface area (Å²) < 4.78 is 7.36. The number of nitrogens with two attached hydrogens (primary N) is 1. The van der Waals surface area contributed by atoms with Gasteiger partial charge in [0.25, 0.3) is 0 Å². The van der Waals surface area contributed by atoms with Gasteiger partial charge in [0.2, 0.25) is 11.8 Å². The molecule has 2 N–H and O–H groups in total. The first kappa shape index (κ1) is 22.3. The Kier molecular flexibility index (Phi) is 5.93. The fourth-order valence-corrected chi connectivity index (χ4v) is 4.99. The molecule has 0 saturated carbocycles. The first-order chi connectivity index (χ1) is 16.4. The molecular weight excluding hydrogens is 456 g/mol. The molecule has 0 radical (unpaired) electrons. The number of hydrogen-bond donors (Lipinski definition) is 1. The average molecular weight is 479 g/mol. The molecule has 2 aliphatic heterocycles. The van der Waals surface area contributed by atoms with Crippen LogP contribution in [-0.4, -0.2) is 57.3 Å². The minimum atomic E-state index is -0.737. The number of Topliss-reactive ketones (excluding diaryl/α,β-unsaturated/α-hetero) is 1. The summed E-state index contributed by atoms with van der Waals surface area (Å²) in [6.45, 7) is 0.438. The highest BCUT2D eigenvalue weighted by molar-refractivity contribution is 6.30. The van der Waals surface area contributed by atoms with E-state index in [0.717, 1.165) is 11.3 Å². The number of aromatic nitrogens is 2. The van der Waals surface area contributed by atoms with E-state index >= 15 is 0 Å². The van der Waals surface area contributed by atoms with Gasteiger partial charge < -0.3 is 19.9 Å². The summed E-state index contributed by atoms with van der Waals surface area (Å²) >= 11 is 6.06. The Bertz CT molecular complexity index is 1240. The number of nitrogens with zero attached hydrogens (tertiary/aromatic N) is 3. The standard InChI is InChI=1S/C25H23ClN4O4/c26-16-3-1-15(2-4-16)11-20(25(33)30-9-7-22-23(30)21(31)13-34-22)19-12-17(29-10-8-28-14-29)5-6-18(19)24(27)32/h1-6,8,10,12,14,20,22-23H,7,9,11,13H2,(H2,27,32). The summed E-state index contributed by atoms with van der Waals surface area (Å²) in [6, 6.07) is 11.8. The van der Waals surface area contributed by atoms with E-state index < -0.39 is 17.9 Å². The number of fused-ring (bicyclic) bond motifs is 1. The van der Waals surface area contributed by atoms with Crippen LogP contribution in [0.4, 0.5) is 0 Å². The third kappa shape index (κ3) is 4.10. The summed E-state index contributed by atoms with van der Waals surface area (Å²) in [5.41, 5.74) is 8.11. The molecule has 2 fully saturated rings. The fraction of sp³-hybridized carbons (Fsp3) is 0.280. The minimum absolute atomic E-state index is 0.0175. The second-order valence-electron chi connectivity index (χ2n) is 8.57. The summed E-state index contributed by atoms with van der Waals surface area (Å²) in [6.07, 6.45) is 5.70. The summed E-state index contributed by atoms with van der Waals surface area (Å²) in [7, 11) is 0. The maximum absolute atomic E-state index is 14.0. The average Bonchev–Trinajstić information content (AvgIpc) is 3.58. The van der Waals surface area contributed by atoms with Crippen molar-refractivity contribution in [3.63, 3.8) is 0 Å². The maximum atomic E-state index is 14.0. The molecule has 1 aromatic heterocycles. The summed E-state index contributed by atoms with van der Waals surface area (Å²) in [4.78, 5) is 44.6. The number of carbonyl (C=O) groups excluding carboxylic acids is 3. The van der Waals surface area contributed by atoms with Crippen LogP contribution in [0.2, 0.25) is 5.02 Å². The normalized spacial score (nSPS) is 20.4. The second-order valence-corrected chi connectivity index (χ2v) is 9.01. The lowest BCUT2D eigenvalue weighted by atomic mass is 9.86. The number of carbonyl (C=O) groups is 3. The molecule has 3 unspecified atom stereocenters. The van der Waals surface area contributed by atoms with Crippen molar-refractivity contribution in [3.8, 4) is 5.69 Å². The molecule has 2 saturated heterocycles. The molecule has 3 atom stereocenters. The lowest BCUT2D eigenvalue weighted by Gasteiger charge is -2.28. The van der Waals surface area contributed by atoms with E-state index in [1.165, 1.54) is 0 Å². The Morgan fingerprint density at radius 3 is 2.71 bits per heavy atom. The van der Waals surface area contributed by atoms with Gasteiger partial charge in [0, 0.05) is 35.2 Å². The lowest BCUT2D eigenvalue weighted by Crippen LogP contribution is -2.44. The predicted octanol–water partition coefficient (Wildman–Crippen LogP) is 2.52. The van der Waals surface area contributed by atoms with E-state index in [2.05, 4.69) is 4.98 Å². The Morgan fingerprint density at radius 1 is 1.21 bits per heavy atom. The molecule has 5 rings (SSSR count). The molecule has 0 spiro atoms. The van der Waals surface area contributed by atoms with Crippen LogP contribution in [0, 0.1) is 0 Å². The van der Waals surface area contributed by atoms with Gasteiger partial charge in [-0.25, -0.2) is 4.98 Å². The third-order valence-corrected chi connectivity index (χ3v) is 6.78. The number of rotatable bonds is 6. The van der Waals surface area contributed by atoms with E-state index in [-0.39, 0.29) is 30.0 Å². The first-order valence-corrected chi connectivity index (χ1v) is 11.4. The van der Waals surface area contributed by atoms with Crippen molar-refractivity contribution in [2.75, 3.05) is 13.2 Å². The molecule has 2 amide bonds. The Labute approximate surface area is 201 Å². The largest absolute Gasteiger partial charge is 0.368 e. The Balaban J connectivity index is 1.60. The highest BCUT2D eigenvalue weighted by Crippen LogP contribution is 2.34. The van der Waals surface area contributed by atoms with Crippen molar-refractivity contribution in [2.24, 2.45) is 5.73 Å². The van der Waals surface area contributed by atoms with E-state index in [1.54, 1.807) is 58.5 Å². The molecule has 3 heterocycles. The minimum Gasteiger partial charge on any atom is -0.368 e. The van der Waals surface area contributed by atoms with Gasteiger partial charge in [-0.1, -0.05) is 23.7 Å². The van der Waals surface area contributed by atoms with E-state index in [0.29, 0.717) is 30.0 Å². The van der Waals surface area contributed by atoms with Crippen molar-refractivity contribution < 1.29 is 19.1 Å². The second kappa shape index (κ2) is 9.04. The van der Waals surface area contributed by atoms with E-state index in [9.17, 15) is 14.4 Å². The van der Waals surface area contributed by atoms with Gasteiger partial charge in [-0.15, -0.1) is 0 Å². The van der Waals surface area contributed by atoms with Crippen LogP contribution in [-0.2, 0) is 20.7 Å². The Morgan fingerprint density at radius 2 is 2.00 bits per heavy atom. The summed E-state index contributed by atoms with van der Waals surface area (Å²) in [5, 5.41) is 0.586. The monoisotopic (exact) mass is 478 g/mol. The van der Waals surface area contributed by atoms with Gasteiger partial charge in [0.1, 0.15) is 12.6 Å². The molecule has 2 aliphatic rings. The highest BCUT2D eigenvalue weighted by Gasteiger charge is 2.48. The molecule has 2 aromatic carbocycles. The number of amides is 2.